The van der Waals surface area contributed by atoms with E-state index in [-0.39, 0.29) is 5.91 Å². The molecule has 1 amide bonds. The molecule has 0 saturated carbocycles. The van der Waals surface area contributed by atoms with Crippen LogP contribution in [0, 0.1) is 0 Å². The lowest BCUT2D eigenvalue weighted by Gasteiger charge is -2.36. The fourth-order valence-electron chi connectivity index (χ4n) is 3.10. The zero-order valence-corrected chi connectivity index (χ0v) is 14.9. The lowest BCUT2D eigenvalue weighted by molar-refractivity contribution is 0.0767. The van der Waals surface area contributed by atoms with Gasteiger partial charge in [0.2, 0.25) is 5.95 Å². The van der Waals surface area contributed by atoms with Gasteiger partial charge in [-0.15, -0.1) is 0 Å². The van der Waals surface area contributed by atoms with E-state index in [1.165, 1.54) is 5.69 Å². The van der Waals surface area contributed by atoms with Crippen molar-refractivity contribution in [2.75, 3.05) is 49.1 Å². The minimum Gasteiger partial charge on any atom is -0.368 e. The van der Waals surface area contributed by atoms with Crippen LogP contribution in [0.5, 0.6) is 0 Å². The standard InChI is InChI=1S/C19H25N5O/c1-3-22(4-2)18(25)17-10-11-20-19(21-17)24-14-12-23(13-15-24)16-8-6-5-7-9-16/h5-11H,3-4,12-15H2,1-2H3. The van der Waals surface area contributed by atoms with Crippen LogP contribution in [0.3, 0.4) is 0 Å². The van der Waals surface area contributed by atoms with Gasteiger partial charge in [-0.05, 0) is 32.0 Å². The third-order valence-corrected chi connectivity index (χ3v) is 4.60. The minimum absolute atomic E-state index is 0.0310. The smallest absolute Gasteiger partial charge is 0.272 e. The molecule has 1 aliphatic heterocycles. The van der Waals surface area contributed by atoms with Crippen molar-refractivity contribution in [1.82, 2.24) is 14.9 Å². The molecule has 2 heterocycles. The van der Waals surface area contributed by atoms with Gasteiger partial charge in [0.1, 0.15) is 5.69 Å². The fourth-order valence-corrected chi connectivity index (χ4v) is 3.10. The van der Waals surface area contributed by atoms with Gasteiger partial charge in [-0.2, -0.15) is 0 Å². The first kappa shape index (κ1) is 17.2. The van der Waals surface area contributed by atoms with E-state index in [1.807, 2.05) is 19.9 Å². The van der Waals surface area contributed by atoms with Crippen LogP contribution in [-0.2, 0) is 0 Å². The van der Waals surface area contributed by atoms with Gasteiger partial charge in [-0.25, -0.2) is 9.97 Å². The Kier molecular flexibility index (Phi) is 5.48. The first-order chi connectivity index (χ1) is 12.2. The number of amides is 1. The molecule has 1 fully saturated rings. The molecule has 0 unspecified atom stereocenters. The molecular formula is C19H25N5O. The molecule has 132 valence electrons. The van der Waals surface area contributed by atoms with E-state index in [0.717, 1.165) is 26.2 Å². The van der Waals surface area contributed by atoms with Gasteiger partial charge < -0.3 is 14.7 Å². The Hall–Kier alpha value is -2.63. The first-order valence-electron chi connectivity index (χ1n) is 8.90. The lowest BCUT2D eigenvalue weighted by Crippen LogP contribution is -2.47. The van der Waals surface area contributed by atoms with Gasteiger partial charge in [0, 0.05) is 51.2 Å². The van der Waals surface area contributed by atoms with Crippen LogP contribution >= 0.6 is 0 Å². The van der Waals surface area contributed by atoms with E-state index in [0.29, 0.717) is 24.7 Å². The van der Waals surface area contributed by atoms with Crippen LogP contribution in [0.4, 0.5) is 11.6 Å². The van der Waals surface area contributed by atoms with Crippen LogP contribution in [0.25, 0.3) is 0 Å². The number of para-hydroxylation sites is 1. The number of piperazine rings is 1. The van der Waals surface area contributed by atoms with Crippen LogP contribution in [0.2, 0.25) is 0 Å². The number of nitrogens with zero attached hydrogens (tertiary/aromatic N) is 5. The molecule has 6 nitrogen and oxygen atoms in total. The summed E-state index contributed by atoms with van der Waals surface area (Å²) < 4.78 is 0. The van der Waals surface area contributed by atoms with Gasteiger partial charge >= 0.3 is 0 Å². The Morgan fingerprint density at radius 1 is 1.00 bits per heavy atom. The molecule has 0 N–H and O–H groups in total. The van der Waals surface area contributed by atoms with Gasteiger partial charge in [0.05, 0.1) is 0 Å². The minimum atomic E-state index is -0.0310. The van der Waals surface area contributed by atoms with E-state index >= 15 is 0 Å². The molecule has 0 atom stereocenters. The second-order valence-electron chi connectivity index (χ2n) is 6.03. The fraction of sp³-hybridized carbons (Fsp3) is 0.421. The summed E-state index contributed by atoms with van der Waals surface area (Å²) in [5.74, 6) is 0.613. The molecular weight excluding hydrogens is 314 g/mol. The maximum Gasteiger partial charge on any atom is 0.272 e. The third kappa shape index (κ3) is 3.90. The molecule has 1 aromatic carbocycles. The molecule has 0 radical (unpaired) electrons. The van der Waals surface area contributed by atoms with Crippen molar-refractivity contribution in [3.05, 3.63) is 48.3 Å². The highest BCUT2D eigenvalue weighted by Gasteiger charge is 2.21. The molecule has 1 saturated heterocycles. The predicted molar refractivity (Wildman–Crippen MR) is 100 cm³/mol. The lowest BCUT2D eigenvalue weighted by atomic mass is 10.2. The number of hydrogen-bond acceptors (Lipinski definition) is 5. The summed E-state index contributed by atoms with van der Waals surface area (Å²) in [6, 6.07) is 12.1. The Morgan fingerprint density at radius 3 is 2.28 bits per heavy atom. The Bertz CT molecular complexity index is 694. The molecule has 0 spiro atoms. The van der Waals surface area contributed by atoms with Crippen LogP contribution < -0.4 is 9.80 Å². The van der Waals surface area contributed by atoms with Crippen molar-refractivity contribution in [1.29, 1.82) is 0 Å². The number of carbonyl (C=O) groups is 1. The molecule has 25 heavy (non-hydrogen) atoms. The van der Waals surface area contributed by atoms with E-state index < -0.39 is 0 Å². The van der Waals surface area contributed by atoms with Crippen molar-refractivity contribution >= 4 is 17.5 Å². The summed E-state index contributed by atoms with van der Waals surface area (Å²) in [7, 11) is 0. The van der Waals surface area contributed by atoms with Crippen molar-refractivity contribution < 1.29 is 4.79 Å². The second-order valence-corrected chi connectivity index (χ2v) is 6.03. The highest BCUT2D eigenvalue weighted by molar-refractivity contribution is 5.92. The highest BCUT2D eigenvalue weighted by Crippen LogP contribution is 2.18. The summed E-state index contributed by atoms with van der Waals surface area (Å²) in [4.78, 5) is 27.7. The van der Waals surface area contributed by atoms with Crippen molar-refractivity contribution in [2.45, 2.75) is 13.8 Å². The predicted octanol–water partition coefficient (Wildman–Crippen LogP) is 2.29. The normalized spacial score (nSPS) is 14.5. The van der Waals surface area contributed by atoms with Crippen molar-refractivity contribution in [3.8, 4) is 0 Å². The molecule has 0 bridgehead atoms. The zero-order valence-electron chi connectivity index (χ0n) is 14.9. The number of anilines is 2. The van der Waals surface area contributed by atoms with Crippen LogP contribution in [-0.4, -0.2) is 60.0 Å². The third-order valence-electron chi connectivity index (χ3n) is 4.60. The Balaban J connectivity index is 1.67. The monoisotopic (exact) mass is 339 g/mol. The molecule has 1 aromatic heterocycles. The van der Waals surface area contributed by atoms with E-state index in [4.69, 9.17) is 0 Å². The average molecular weight is 339 g/mol. The number of hydrogen-bond donors (Lipinski definition) is 0. The van der Waals surface area contributed by atoms with E-state index in [1.54, 1.807) is 17.2 Å². The van der Waals surface area contributed by atoms with Crippen molar-refractivity contribution in [2.24, 2.45) is 0 Å². The van der Waals surface area contributed by atoms with Gasteiger partial charge in [0.15, 0.2) is 0 Å². The molecule has 2 aromatic rings. The Labute approximate surface area is 149 Å². The summed E-state index contributed by atoms with van der Waals surface area (Å²) in [6.45, 7) is 8.85. The second kappa shape index (κ2) is 7.96. The quantitative estimate of drug-likeness (QED) is 0.836. The summed E-state index contributed by atoms with van der Waals surface area (Å²) in [6.07, 6.45) is 1.68. The van der Waals surface area contributed by atoms with Crippen LogP contribution in [0.15, 0.2) is 42.6 Å². The molecule has 6 heteroatoms. The molecule has 3 rings (SSSR count). The number of benzene rings is 1. The SMILES string of the molecule is CCN(CC)C(=O)c1ccnc(N2CCN(c3ccccc3)CC2)n1. The summed E-state index contributed by atoms with van der Waals surface area (Å²) >= 11 is 0. The topological polar surface area (TPSA) is 52.6 Å². The van der Waals surface area contributed by atoms with Gasteiger partial charge in [-0.1, -0.05) is 18.2 Å². The van der Waals surface area contributed by atoms with Crippen LogP contribution in [0.1, 0.15) is 24.3 Å². The zero-order chi connectivity index (χ0) is 17.6. The number of carbonyl (C=O) groups excluding carboxylic acids is 1. The van der Waals surface area contributed by atoms with Gasteiger partial charge in [0.25, 0.3) is 5.91 Å². The van der Waals surface area contributed by atoms with E-state index in [2.05, 4.69) is 44.0 Å². The van der Waals surface area contributed by atoms with Crippen molar-refractivity contribution in [3.63, 3.8) is 0 Å². The number of rotatable bonds is 5. The molecule has 0 aliphatic carbocycles. The highest BCUT2D eigenvalue weighted by atomic mass is 16.2. The maximum absolute atomic E-state index is 12.5. The average Bonchev–Trinajstić information content (AvgIpc) is 2.70. The maximum atomic E-state index is 12.5. The summed E-state index contributed by atoms with van der Waals surface area (Å²) in [5, 5.41) is 0. The van der Waals surface area contributed by atoms with Gasteiger partial charge in [-0.3, -0.25) is 4.79 Å². The summed E-state index contributed by atoms with van der Waals surface area (Å²) in [5.41, 5.74) is 1.72. The Morgan fingerprint density at radius 2 is 1.64 bits per heavy atom. The van der Waals surface area contributed by atoms with E-state index in [9.17, 15) is 4.79 Å². The first-order valence-corrected chi connectivity index (χ1v) is 8.90. The number of aromatic nitrogens is 2. The largest absolute Gasteiger partial charge is 0.368 e. The molecule has 1 aliphatic rings.